The second kappa shape index (κ2) is 7.37. The van der Waals surface area contributed by atoms with Crippen LogP contribution in [0.3, 0.4) is 0 Å². The maximum atomic E-state index is 13.7. The lowest BCUT2D eigenvalue weighted by atomic mass is 9.89. The van der Waals surface area contributed by atoms with Crippen LogP contribution in [0.2, 0.25) is 0 Å². The monoisotopic (exact) mass is 413 g/mol. The summed E-state index contributed by atoms with van der Waals surface area (Å²) in [7, 11) is 0. The van der Waals surface area contributed by atoms with Crippen molar-refractivity contribution >= 4 is 39.2 Å². The van der Waals surface area contributed by atoms with Crippen LogP contribution in [0.25, 0.3) is 15.9 Å². The van der Waals surface area contributed by atoms with Gasteiger partial charge in [0.1, 0.15) is 4.83 Å². The van der Waals surface area contributed by atoms with Crippen molar-refractivity contribution in [2.45, 2.75) is 50.4 Å². The second-order valence-corrected chi connectivity index (χ2v) is 9.91. The van der Waals surface area contributed by atoms with Gasteiger partial charge in [-0.15, -0.1) is 11.3 Å². The molecule has 4 rings (SSSR count). The lowest BCUT2D eigenvalue weighted by molar-refractivity contribution is -0.117. The second-order valence-electron chi connectivity index (χ2n) is 7.52. The number of carbonyl (C=O) groups excluding carboxylic acids is 1. The predicted molar refractivity (Wildman–Crippen MR) is 116 cm³/mol. The lowest BCUT2D eigenvalue weighted by Gasteiger charge is -2.18. The molecule has 1 aromatic carbocycles. The molecule has 0 radical (unpaired) electrons. The van der Waals surface area contributed by atoms with Gasteiger partial charge in [0.25, 0.3) is 5.56 Å². The predicted octanol–water partition coefficient (Wildman–Crippen LogP) is 3.85. The topological polar surface area (TPSA) is 78.0 Å². The molecule has 1 aliphatic rings. The number of amides is 1. The Labute approximate surface area is 172 Å². The molecular formula is C21H23N3O2S2. The minimum atomic E-state index is -0.478. The highest BCUT2D eigenvalue weighted by Crippen LogP contribution is 2.37. The quantitative estimate of drug-likeness (QED) is 0.521. The van der Waals surface area contributed by atoms with Crippen LogP contribution >= 0.6 is 23.1 Å². The Hall–Kier alpha value is -2.12. The SMILES string of the molecule is Cc1ccccc1-n1c(SC(C)C(N)=O)nc2sc3c(c2c1=O)CCC(C)C3. The van der Waals surface area contributed by atoms with E-state index < -0.39 is 11.2 Å². The summed E-state index contributed by atoms with van der Waals surface area (Å²) in [5.74, 6) is 0.206. The summed E-state index contributed by atoms with van der Waals surface area (Å²) in [6.07, 6.45) is 3.02. The van der Waals surface area contributed by atoms with Gasteiger partial charge in [0.05, 0.1) is 16.3 Å². The molecular weight excluding hydrogens is 390 g/mol. The number of primary amides is 1. The molecule has 0 aliphatic heterocycles. The van der Waals surface area contributed by atoms with E-state index in [1.54, 1.807) is 22.8 Å². The van der Waals surface area contributed by atoms with Crippen LogP contribution in [0.4, 0.5) is 0 Å². The van der Waals surface area contributed by atoms with E-state index in [1.165, 1.54) is 16.6 Å². The average molecular weight is 414 g/mol. The normalized spacial score (nSPS) is 17.5. The highest BCUT2D eigenvalue weighted by atomic mass is 32.2. The number of thiophene rings is 1. The Morgan fingerprint density at radius 1 is 1.39 bits per heavy atom. The number of fused-ring (bicyclic) bond motifs is 3. The van der Waals surface area contributed by atoms with E-state index in [9.17, 15) is 9.59 Å². The molecule has 0 saturated heterocycles. The van der Waals surface area contributed by atoms with Crippen molar-refractivity contribution in [2.75, 3.05) is 0 Å². The third-order valence-electron chi connectivity index (χ3n) is 5.34. The smallest absolute Gasteiger partial charge is 0.267 e. The molecule has 1 amide bonds. The molecule has 2 heterocycles. The molecule has 28 heavy (non-hydrogen) atoms. The minimum absolute atomic E-state index is 0.0504. The molecule has 2 aromatic heterocycles. The van der Waals surface area contributed by atoms with Crippen molar-refractivity contribution in [3.63, 3.8) is 0 Å². The Bertz CT molecular complexity index is 1130. The highest BCUT2D eigenvalue weighted by Gasteiger charge is 2.26. The molecule has 2 unspecified atom stereocenters. The van der Waals surface area contributed by atoms with Crippen LogP contribution in [-0.2, 0) is 17.6 Å². The van der Waals surface area contributed by atoms with Gasteiger partial charge in [-0.1, -0.05) is 36.9 Å². The highest BCUT2D eigenvalue weighted by molar-refractivity contribution is 8.00. The van der Waals surface area contributed by atoms with Crippen LogP contribution in [0.5, 0.6) is 0 Å². The number of benzene rings is 1. The fourth-order valence-corrected chi connectivity index (χ4v) is 5.99. The van der Waals surface area contributed by atoms with Crippen molar-refractivity contribution in [2.24, 2.45) is 11.7 Å². The van der Waals surface area contributed by atoms with Crippen molar-refractivity contribution < 1.29 is 4.79 Å². The molecule has 0 saturated carbocycles. The average Bonchev–Trinajstić information content (AvgIpc) is 3.00. The molecule has 5 nitrogen and oxygen atoms in total. The maximum Gasteiger partial charge on any atom is 0.267 e. The molecule has 7 heteroatoms. The van der Waals surface area contributed by atoms with E-state index in [0.29, 0.717) is 11.1 Å². The van der Waals surface area contributed by atoms with E-state index >= 15 is 0 Å². The van der Waals surface area contributed by atoms with Crippen LogP contribution < -0.4 is 11.3 Å². The van der Waals surface area contributed by atoms with Crippen LogP contribution in [0, 0.1) is 12.8 Å². The first-order valence-electron chi connectivity index (χ1n) is 9.46. The van der Waals surface area contributed by atoms with E-state index in [-0.39, 0.29) is 5.56 Å². The van der Waals surface area contributed by atoms with Gasteiger partial charge in [-0.05, 0) is 56.2 Å². The maximum absolute atomic E-state index is 13.7. The number of aromatic nitrogens is 2. The Morgan fingerprint density at radius 3 is 2.86 bits per heavy atom. The van der Waals surface area contributed by atoms with Gasteiger partial charge in [-0.3, -0.25) is 14.2 Å². The van der Waals surface area contributed by atoms with Crippen LogP contribution in [-0.4, -0.2) is 20.7 Å². The van der Waals surface area contributed by atoms with Gasteiger partial charge < -0.3 is 5.73 Å². The summed E-state index contributed by atoms with van der Waals surface area (Å²) in [4.78, 5) is 32.2. The number of nitrogens with two attached hydrogens (primary N) is 1. The summed E-state index contributed by atoms with van der Waals surface area (Å²) in [6.45, 7) is 5.97. The van der Waals surface area contributed by atoms with Gasteiger partial charge in [-0.2, -0.15) is 0 Å². The fourth-order valence-electron chi connectivity index (χ4n) is 3.69. The van der Waals surface area contributed by atoms with Gasteiger partial charge in [-0.25, -0.2) is 4.98 Å². The largest absolute Gasteiger partial charge is 0.369 e. The summed E-state index contributed by atoms with van der Waals surface area (Å²) in [6, 6.07) is 7.76. The van der Waals surface area contributed by atoms with E-state index in [1.807, 2.05) is 31.2 Å². The minimum Gasteiger partial charge on any atom is -0.369 e. The van der Waals surface area contributed by atoms with Gasteiger partial charge in [0.15, 0.2) is 5.16 Å². The molecule has 3 aromatic rings. The van der Waals surface area contributed by atoms with Gasteiger partial charge >= 0.3 is 0 Å². The van der Waals surface area contributed by atoms with Crippen LogP contribution in [0.1, 0.15) is 36.3 Å². The van der Waals surface area contributed by atoms with Crippen molar-refractivity contribution in [1.82, 2.24) is 9.55 Å². The molecule has 146 valence electrons. The summed E-state index contributed by atoms with van der Waals surface area (Å²) in [5, 5.41) is 0.783. The molecule has 1 aliphatic carbocycles. The van der Waals surface area contributed by atoms with Crippen molar-refractivity contribution in [3.05, 3.63) is 50.6 Å². The lowest BCUT2D eigenvalue weighted by Crippen LogP contribution is -2.27. The number of hydrogen-bond acceptors (Lipinski definition) is 5. The first kappa shape index (κ1) is 19.2. The Balaban J connectivity index is 2.01. The van der Waals surface area contributed by atoms with E-state index in [2.05, 4.69) is 6.92 Å². The number of carbonyl (C=O) groups is 1. The number of rotatable bonds is 4. The van der Waals surface area contributed by atoms with Gasteiger partial charge in [0, 0.05) is 4.88 Å². The summed E-state index contributed by atoms with van der Waals surface area (Å²) < 4.78 is 1.66. The van der Waals surface area contributed by atoms with E-state index in [0.717, 1.165) is 46.3 Å². The number of para-hydroxylation sites is 1. The van der Waals surface area contributed by atoms with Crippen molar-refractivity contribution in [1.29, 1.82) is 0 Å². The molecule has 0 fully saturated rings. The summed E-state index contributed by atoms with van der Waals surface area (Å²) in [5.41, 5.74) is 8.37. The van der Waals surface area contributed by atoms with Gasteiger partial charge in [0.2, 0.25) is 5.91 Å². The third-order valence-corrected chi connectivity index (χ3v) is 7.56. The third kappa shape index (κ3) is 3.26. The molecule has 0 bridgehead atoms. The number of thioether (sulfide) groups is 1. The number of nitrogens with zero attached hydrogens (tertiary/aromatic N) is 2. The standard InChI is InChI=1S/C21H23N3O2S2/c1-11-8-9-14-16(10-11)28-19-17(14)20(26)24(15-7-5-4-6-12(15)2)21(23-19)27-13(3)18(22)25/h4-7,11,13H,8-10H2,1-3H3,(H2,22,25). The molecule has 2 N–H and O–H groups in total. The number of hydrogen-bond donors (Lipinski definition) is 1. The molecule has 0 spiro atoms. The Kier molecular flexibility index (Phi) is 5.05. The zero-order valence-electron chi connectivity index (χ0n) is 16.2. The zero-order chi connectivity index (χ0) is 20.0. The summed E-state index contributed by atoms with van der Waals surface area (Å²) >= 11 is 2.86. The van der Waals surface area contributed by atoms with Crippen LogP contribution in [0.15, 0.2) is 34.2 Å². The number of aryl methyl sites for hydroxylation is 2. The fraction of sp³-hybridized carbons (Fsp3) is 0.381. The van der Waals surface area contributed by atoms with Crippen molar-refractivity contribution in [3.8, 4) is 5.69 Å². The van der Waals surface area contributed by atoms with E-state index in [4.69, 9.17) is 10.7 Å². The zero-order valence-corrected chi connectivity index (χ0v) is 17.8. The Morgan fingerprint density at radius 2 is 2.14 bits per heavy atom. The first-order valence-corrected chi connectivity index (χ1v) is 11.2. The molecule has 2 atom stereocenters. The first-order chi connectivity index (χ1) is 13.4.